The second-order valence-electron chi connectivity index (χ2n) is 7.68. The van der Waals surface area contributed by atoms with Crippen LogP contribution < -0.4 is 5.32 Å². The number of aryl methyl sites for hydroxylation is 2. The van der Waals surface area contributed by atoms with Gasteiger partial charge in [-0.1, -0.05) is 43.6 Å². The molecule has 126 valence electrons. The van der Waals surface area contributed by atoms with Crippen LogP contribution in [0.25, 0.3) is 0 Å². The van der Waals surface area contributed by atoms with Gasteiger partial charge in [-0.15, -0.1) is 0 Å². The Bertz CT molecular complexity index is 854. The lowest BCUT2D eigenvalue weighted by Gasteiger charge is -2.40. The zero-order chi connectivity index (χ0) is 17.3. The number of carbonyl (C=O) groups is 1. The smallest absolute Gasteiger partial charge is 0.256 e. The van der Waals surface area contributed by atoms with E-state index in [9.17, 15) is 4.79 Å². The molecule has 2 atom stereocenters. The molecule has 2 aliphatic carbocycles. The van der Waals surface area contributed by atoms with E-state index >= 15 is 0 Å². The summed E-state index contributed by atoms with van der Waals surface area (Å²) in [5.74, 6) is 0.343. The largest absolute Gasteiger partial charge is 0.342 e. The van der Waals surface area contributed by atoms with Crippen LogP contribution in [0.2, 0.25) is 5.15 Å². The summed E-state index contributed by atoms with van der Waals surface area (Å²) < 4.78 is 1.52. The number of fused-ring (bicyclic) bond motifs is 5. The van der Waals surface area contributed by atoms with Crippen molar-refractivity contribution < 1.29 is 4.79 Å². The molecule has 2 bridgehead atoms. The Morgan fingerprint density at radius 1 is 1.42 bits per heavy atom. The van der Waals surface area contributed by atoms with E-state index < -0.39 is 0 Å². The lowest BCUT2D eigenvalue weighted by atomic mass is 9.73. The van der Waals surface area contributed by atoms with Gasteiger partial charge in [-0.05, 0) is 47.8 Å². The SMILES string of the molecule is Cc1cccc2c1C1(NC(=O)c3cnn(C)c3Cl)CCC2C1(C)C. The van der Waals surface area contributed by atoms with Crippen LogP contribution in [-0.2, 0) is 12.6 Å². The van der Waals surface area contributed by atoms with Crippen molar-refractivity contribution in [3.63, 3.8) is 0 Å². The molecule has 0 saturated heterocycles. The van der Waals surface area contributed by atoms with E-state index in [0.717, 1.165) is 12.8 Å². The lowest BCUT2D eigenvalue weighted by Crippen LogP contribution is -2.51. The average molecular weight is 344 g/mol. The number of halogens is 1. The number of rotatable bonds is 2. The van der Waals surface area contributed by atoms with Crippen molar-refractivity contribution in [3.05, 3.63) is 51.8 Å². The summed E-state index contributed by atoms with van der Waals surface area (Å²) in [6.45, 7) is 6.69. The number of amides is 1. The first-order chi connectivity index (χ1) is 11.3. The predicted molar refractivity (Wildman–Crippen MR) is 94.3 cm³/mol. The van der Waals surface area contributed by atoms with Gasteiger partial charge in [0, 0.05) is 7.05 Å². The summed E-state index contributed by atoms with van der Waals surface area (Å²) in [6, 6.07) is 6.48. The van der Waals surface area contributed by atoms with Crippen molar-refractivity contribution in [2.75, 3.05) is 0 Å². The molecule has 1 saturated carbocycles. The maximum absolute atomic E-state index is 13.0. The molecular formula is C19H22ClN3O. The van der Waals surface area contributed by atoms with E-state index in [1.165, 1.54) is 21.4 Å². The molecule has 1 N–H and O–H groups in total. The fourth-order valence-electron chi connectivity index (χ4n) is 5.02. The van der Waals surface area contributed by atoms with E-state index in [-0.39, 0.29) is 16.9 Å². The Balaban J connectivity index is 1.82. The third-order valence-electron chi connectivity index (χ3n) is 6.32. The van der Waals surface area contributed by atoms with Crippen LogP contribution in [0, 0.1) is 12.3 Å². The summed E-state index contributed by atoms with van der Waals surface area (Å²) in [5.41, 5.74) is 4.03. The number of aromatic nitrogens is 2. The van der Waals surface area contributed by atoms with E-state index in [4.69, 9.17) is 11.6 Å². The monoisotopic (exact) mass is 343 g/mol. The quantitative estimate of drug-likeness (QED) is 0.898. The van der Waals surface area contributed by atoms with E-state index in [2.05, 4.69) is 49.4 Å². The van der Waals surface area contributed by atoms with E-state index in [0.29, 0.717) is 16.6 Å². The number of carbonyl (C=O) groups excluding carboxylic acids is 1. The minimum absolute atomic E-state index is 0.0220. The Labute approximate surface area is 147 Å². The first kappa shape index (κ1) is 15.7. The Morgan fingerprint density at radius 3 is 2.83 bits per heavy atom. The maximum Gasteiger partial charge on any atom is 0.256 e. The number of nitrogens with zero attached hydrogens (tertiary/aromatic N) is 2. The normalized spacial score (nSPS) is 26.5. The van der Waals surface area contributed by atoms with Crippen LogP contribution in [0.1, 0.15) is 59.7 Å². The zero-order valence-corrected chi connectivity index (χ0v) is 15.2. The fraction of sp³-hybridized carbons (Fsp3) is 0.474. The number of hydrogen-bond acceptors (Lipinski definition) is 2. The van der Waals surface area contributed by atoms with Crippen LogP contribution in [-0.4, -0.2) is 15.7 Å². The third kappa shape index (κ3) is 1.75. The van der Waals surface area contributed by atoms with Crippen LogP contribution in [0.4, 0.5) is 0 Å². The van der Waals surface area contributed by atoms with Gasteiger partial charge in [0.05, 0.1) is 17.3 Å². The topological polar surface area (TPSA) is 46.9 Å². The molecule has 5 heteroatoms. The second kappa shape index (κ2) is 4.85. The van der Waals surface area contributed by atoms with E-state index in [1.807, 2.05) is 0 Å². The number of hydrogen-bond donors (Lipinski definition) is 1. The highest BCUT2D eigenvalue weighted by molar-refractivity contribution is 6.32. The van der Waals surface area contributed by atoms with E-state index in [1.54, 1.807) is 13.2 Å². The minimum atomic E-state index is -0.339. The van der Waals surface area contributed by atoms with Gasteiger partial charge in [0.15, 0.2) is 0 Å². The molecule has 4 rings (SSSR count). The first-order valence-electron chi connectivity index (χ1n) is 8.39. The summed E-state index contributed by atoms with van der Waals surface area (Å²) in [4.78, 5) is 13.0. The van der Waals surface area contributed by atoms with Gasteiger partial charge in [0.2, 0.25) is 0 Å². The standard InChI is InChI=1S/C19H22ClN3O/c1-11-6-5-7-12-14-8-9-19(15(11)12,18(14,2)3)22-17(24)13-10-21-23(4)16(13)20/h5-7,10,14H,8-9H2,1-4H3,(H,22,24). The van der Waals surface area contributed by atoms with Gasteiger partial charge in [-0.3, -0.25) is 9.48 Å². The molecule has 1 fully saturated rings. The molecule has 2 unspecified atom stereocenters. The molecule has 24 heavy (non-hydrogen) atoms. The summed E-state index contributed by atoms with van der Waals surface area (Å²) in [6.07, 6.45) is 3.61. The summed E-state index contributed by atoms with van der Waals surface area (Å²) in [7, 11) is 1.74. The van der Waals surface area contributed by atoms with Gasteiger partial charge in [-0.25, -0.2) is 0 Å². The zero-order valence-electron chi connectivity index (χ0n) is 14.5. The predicted octanol–water partition coefficient (Wildman–Crippen LogP) is 3.92. The van der Waals surface area contributed by atoms with Crippen LogP contribution in [0.15, 0.2) is 24.4 Å². The molecule has 4 nitrogen and oxygen atoms in total. The average Bonchev–Trinajstić information content (AvgIpc) is 3.04. The fourth-order valence-corrected chi connectivity index (χ4v) is 5.20. The molecule has 1 amide bonds. The molecule has 0 spiro atoms. The molecule has 0 radical (unpaired) electrons. The third-order valence-corrected chi connectivity index (χ3v) is 6.77. The number of nitrogens with one attached hydrogen (secondary N) is 1. The van der Waals surface area contributed by atoms with Crippen LogP contribution >= 0.6 is 11.6 Å². The van der Waals surface area contributed by atoms with Crippen molar-refractivity contribution >= 4 is 17.5 Å². The Kier molecular flexibility index (Phi) is 3.17. The first-order valence-corrected chi connectivity index (χ1v) is 8.77. The molecule has 1 aromatic heterocycles. The van der Waals surface area contributed by atoms with Crippen LogP contribution in [0.5, 0.6) is 0 Å². The van der Waals surface area contributed by atoms with Crippen molar-refractivity contribution in [1.29, 1.82) is 0 Å². The van der Waals surface area contributed by atoms with Gasteiger partial charge in [-0.2, -0.15) is 5.10 Å². The van der Waals surface area contributed by atoms with Crippen LogP contribution in [0.3, 0.4) is 0 Å². The second-order valence-corrected chi connectivity index (χ2v) is 8.04. The minimum Gasteiger partial charge on any atom is -0.342 e. The highest BCUT2D eigenvalue weighted by atomic mass is 35.5. The molecule has 0 aliphatic heterocycles. The highest BCUT2D eigenvalue weighted by Crippen LogP contribution is 2.67. The Morgan fingerprint density at radius 2 is 2.17 bits per heavy atom. The van der Waals surface area contributed by atoms with Gasteiger partial charge >= 0.3 is 0 Å². The molecular weight excluding hydrogens is 322 g/mol. The van der Waals surface area contributed by atoms with Gasteiger partial charge in [0.1, 0.15) is 5.15 Å². The molecule has 1 heterocycles. The summed E-state index contributed by atoms with van der Waals surface area (Å²) in [5, 5.41) is 7.83. The molecule has 2 aliphatic rings. The summed E-state index contributed by atoms with van der Waals surface area (Å²) >= 11 is 6.23. The molecule has 2 aromatic rings. The highest BCUT2D eigenvalue weighted by Gasteiger charge is 2.63. The molecule has 1 aromatic carbocycles. The lowest BCUT2D eigenvalue weighted by molar-refractivity contribution is 0.0808. The van der Waals surface area contributed by atoms with Crippen molar-refractivity contribution in [1.82, 2.24) is 15.1 Å². The van der Waals surface area contributed by atoms with Gasteiger partial charge < -0.3 is 5.32 Å². The number of benzene rings is 1. The Hall–Kier alpha value is -1.81. The van der Waals surface area contributed by atoms with Crippen molar-refractivity contribution in [2.45, 2.75) is 45.1 Å². The van der Waals surface area contributed by atoms with Crippen molar-refractivity contribution in [2.24, 2.45) is 12.5 Å². The van der Waals surface area contributed by atoms with Crippen molar-refractivity contribution in [3.8, 4) is 0 Å². The maximum atomic E-state index is 13.0. The van der Waals surface area contributed by atoms with Gasteiger partial charge in [0.25, 0.3) is 5.91 Å².